The molecule has 0 fully saturated rings. The largest absolute Gasteiger partial charge is 0.494 e. The van der Waals surface area contributed by atoms with E-state index in [1.807, 2.05) is 42.2 Å². The van der Waals surface area contributed by atoms with Gasteiger partial charge in [0.2, 0.25) is 0 Å². The third-order valence-corrected chi connectivity index (χ3v) is 3.88. The van der Waals surface area contributed by atoms with Crippen LogP contribution in [0.2, 0.25) is 0 Å². The maximum Gasteiger partial charge on any atom is 0.146 e. The van der Waals surface area contributed by atoms with E-state index < -0.39 is 0 Å². The maximum absolute atomic E-state index is 6.05. The van der Waals surface area contributed by atoms with Crippen molar-refractivity contribution in [2.45, 2.75) is 18.8 Å². The summed E-state index contributed by atoms with van der Waals surface area (Å²) in [4.78, 5) is 8.96. The molecule has 110 valence electrons. The molecule has 1 aromatic carbocycles. The van der Waals surface area contributed by atoms with Crippen LogP contribution in [-0.2, 0) is 25.9 Å². The second-order valence-electron chi connectivity index (χ2n) is 4.85. The molecule has 2 heterocycles. The van der Waals surface area contributed by atoms with Gasteiger partial charge in [0, 0.05) is 32.4 Å². The van der Waals surface area contributed by atoms with Gasteiger partial charge in [-0.15, -0.1) is 11.6 Å². The summed E-state index contributed by atoms with van der Waals surface area (Å²) in [7, 11) is 3.65. The Morgan fingerprint density at radius 1 is 1.29 bits per heavy atom. The molecule has 0 amide bonds. The summed E-state index contributed by atoms with van der Waals surface area (Å²) in [5, 5.41) is 0. The molecular formula is C15H17ClN4O. The first kappa shape index (κ1) is 13.9. The lowest BCUT2D eigenvalue weighted by Gasteiger charge is -2.08. The second kappa shape index (κ2) is 5.77. The second-order valence-corrected chi connectivity index (χ2v) is 5.11. The van der Waals surface area contributed by atoms with Gasteiger partial charge in [-0.05, 0) is 12.1 Å². The van der Waals surface area contributed by atoms with E-state index in [0.29, 0.717) is 5.88 Å². The van der Waals surface area contributed by atoms with Crippen molar-refractivity contribution in [3.05, 3.63) is 42.2 Å². The Bertz CT molecular complexity index is 762. The average Bonchev–Trinajstić information content (AvgIpc) is 3.07. The molecule has 6 heteroatoms. The standard InChI is InChI=1S/C15H17ClN4O/c1-19-9-7-17-13(19)6-8-20-11-4-3-5-12(21-2)15(11)18-14(20)10-16/h3-5,7,9H,6,8,10H2,1-2H3. The Morgan fingerprint density at radius 2 is 2.14 bits per heavy atom. The van der Waals surface area contributed by atoms with E-state index in [9.17, 15) is 0 Å². The number of rotatable bonds is 5. The number of hydrogen-bond acceptors (Lipinski definition) is 3. The van der Waals surface area contributed by atoms with Gasteiger partial charge < -0.3 is 13.9 Å². The van der Waals surface area contributed by atoms with Gasteiger partial charge in [0.15, 0.2) is 0 Å². The van der Waals surface area contributed by atoms with E-state index in [4.69, 9.17) is 16.3 Å². The Morgan fingerprint density at radius 3 is 2.81 bits per heavy atom. The van der Waals surface area contributed by atoms with Crippen LogP contribution in [0.5, 0.6) is 5.75 Å². The summed E-state index contributed by atoms with van der Waals surface area (Å²) < 4.78 is 9.54. The Kier molecular flexibility index (Phi) is 3.84. The number of para-hydroxylation sites is 1. The van der Waals surface area contributed by atoms with Crippen LogP contribution in [0, 0.1) is 0 Å². The lowest BCUT2D eigenvalue weighted by molar-refractivity contribution is 0.419. The van der Waals surface area contributed by atoms with Gasteiger partial charge in [0.05, 0.1) is 18.5 Å². The predicted molar refractivity (Wildman–Crippen MR) is 82.8 cm³/mol. The van der Waals surface area contributed by atoms with Gasteiger partial charge in [0.1, 0.15) is 22.9 Å². The summed E-state index contributed by atoms with van der Waals surface area (Å²) in [5.74, 6) is 3.04. The molecule has 0 atom stereocenters. The normalized spacial score (nSPS) is 11.2. The summed E-state index contributed by atoms with van der Waals surface area (Å²) in [6.45, 7) is 0.788. The predicted octanol–water partition coefficient (Wildman–Crippen LogP) is 2.76. The van der Waals surface area contributed by atoms with E-state index in [1.165, 1.54) is 0 Å². The quantitative estimate of drug-likeness (QED) is 0.681. The number of imidazole rings is 2. The van der Waals surface area contributed by atoms with E-state index in [-0.39, 0.29) is 0 Å². The van der Waals surface area contributed by atoms with Crippen LogP contribution in [0.4, 0.5) is 0 Å². The molecule has 0 N–H and O–H groups in total. The molecule has 0 spiro atoms. The third-order valence-electron chi connectivity index (χ3n) is 3.64. The van der Waals surface area contributed by atoms with Crippen molar-refractivity contribution >= 4 is 22.6 Å². The monoisotopic (exact) mass is 304 g/mol. The first-order chi connectivity index (χ1) is 10.2. The zero-order valence-corrected chi connectivity index (χ0v) is 12.8. The van der Waals surface area contributed by atoms with E-state index in [0.717, 1.165) is 41.4 Å². The lowest BCUT2D eigenvalue weighted by atomic mass is 10.3. The van der Waals surface area contributed by atoms with E-state index in [1.54, 1.807) is 7.11 Å². The van der Waals surface area contributed by atoms with Gasteiger partial charge in [-0.2, -0.15) is 0 Å². The highest BCUT2D eigenvalue weighted by Gasteiger charge is 2.13. The minimum atomic E-state index is 0.373. The summed E-state index contributed by atoms with van der Waals surface area (Å²) in [5.41, 5.74) is 1.90. The van der Waals surface area contributed by atoms with Crippen molar-refractivity contribution in [1.29, 1.82) is 0 Å². The molecule has 5 nitrogen and oxygen atoms in total. The van der Waals surface area contributed by atoms with Crippen LogP contribution in [0.15, 0.2) is 30.6 Å². The van der Waals surface area contributed by atoms with Crippen molar-refractivity contribution in [3.63, 3.8) is 0 Å². The lowest BCUT2D eigenvalue weighted by Crippen LogP contribution is -2.08. The molecule has 3 rings (SSSR count). The SMILES string of the molecule is COc1cccc2c1nc(CCl)n2CCc1nccn1C. The van der Waals surface area contributed by atoms with Gasteiger partial charge in [-0.3, -0.25) is 0 Å². The van der Waals surface area contributed by atoms with Crippen LogP contribution in [0.3, 0.4) is 0 Å². The highest BCUT2D eigenvalue weighted by molar-refractivity contribution is 6.16. The zero-order valence-electron chi connectivity index (χ0n) is 12.1. The smallest absolute Gasteiger partial charge is 0.146 e. The Balaban J connectivity index is 1.98. The first-order valence-corrected chi connectivity index (χ1v) is 7.32. The summed E-state index contributed by atoms with van der Waals surface area (Å²) >= 11 is 6.05. The summed E-state index contributed by atoms with van der Waals surface area (Å²) in [6.07, 6.45) is 4.59. The molecule has 3 aromatic rings. The maximum atomic E-state index is 6.05. The van der Waals surface area contributed by atoms with Crippen molar-refractivity contribution in [2.75, 3.05) is 7.11 Å². The van der Waals surface area contributed by atoms with Crippen molar-refractivity contribution in [1.82, 2.24) is 19.1 Å². The number of methoxy groups -OCH3 is 1. The molecule has 21 heavy (non-hydrogen) atoms. The van der Waals surface area contributed by atoms with E-state index >= 15 is 0 Å². The number of benzene rings is 1. The number of alkyl halides is 1. The number of nitrogens with zero attached hydrogens (tertiary/aromatic N) is 4. The highest BCUT2D eigenvalue weighted by atomic mass is 35.5. The zero-order chi connectivity index (χ0) is 14.8. The molecule has 0 aliphatic heterocycles. The van der Waals surface area contributed by atoms with Crippen molar-refractivity contribution in [2.24, 2.45) is 7.05 Å². The van der Waals surface area contributed by atoms with Gasteiger partial charge >= 0.3 is 0 Å². The molecular weight excluding hydrogens is 288 g/mol. The third kappa shape index (κ3) is 2.49. The van der Waals surface area contributed by atoms with Crippen molar-refractivity contribution < 1.29 is 4.74 Å². The number of halogens is 1. The van der Waals surface area contributed by atoms with Crippen LogP contribution in [0.25, 0.3) is 11.0 Å². The first-order valence-electron chi connectivity index (χ1n) is 6.79. The number of fused-ring (bicyclic) bond motifs is 1. The molecule has 0 aliphatic rings. The topological polar surface area (TPSA) is 44.9 Å². The average molecular weight is 305 g/mol. The molecule has 0 saturated carbocycles. The fraction of sp³-hybridized carbons (Fsp3) is 0.333. The highest BCUT2D eigenvalue weighted by Crippen LogP contribution is 2.26. The molecule has 0 saturated heterocycles. The molecule has 0 unspecified atom stereocenters. The van der Waals surface area contributed by atoms with Gasteiger partial charge in [-0.1, -0.05) is 6.07 Å². The molecule has 0 bridgehead atoms. The Labute approximate surface area is 128 Å². The van der Waals surface area contributed by atoms with E-state index in [2.05, 4.69) is 14.5 Å². The number of aromatic nitrogens is 4. The number of ether oxygens (including phenoxy) is 1. The van der Waals surface area contributed by atoms with Crippen LogP contribution in [0.1, 0.15) is 11.6 Å². The Hall–Kier alpha value is -2.01. The molecule has 2 aromatic heterocycles. The fourth-order valence-corrected chi connectivity index (χ4v) is 2.74. The van der Waals surface area contributed by atoms with Gasteiger partial charge in [-0.25, -0.2) is 9.97 Å². The minimum Gasteiger partial charge on any atom is -0.494 e. The van der Waals surface area contributed by atoms with Gasteiger partial charge in [0.25, 0.3) is 0 Å². The minimum absolute atomic E-state index is 0.373. The molecule has 0 radical (unpaired) electrons. The summed E-state index contributed by atoms with van der Waals surface area (Å²) in [6, 6.07) is 5.92. The number of hydrogen-bond donors (Lipinski definition) is 0. The van der Waals surface area contributed by atoms with Crippen LogP contribution in [-0.4, -0.2) is 26.2 Å². The van der Waals surface area contributed by atoms with Crippen LogP contribution < -0.4 is 4.74 Å². The van der Waals surface area contributed by atoms with Crippen molar-refractivity contribution in [3.8, 4) is 5.75 Å². The molecule has 0 aliphatic carbocycles. The fourth-order valence-electron chi connectivity index (χ4n) is 2.53. The van der Waals surface area contributed by atoms with Crippen LogP contribution >= 0.6 is 11.6 Å². The number of aryl methyl sites for hydroxylation is 3.